The fraction of sp³-hybridized carbons (Fsp3) is 0.571. The normalized spacial score (nSPS) is 18.6. The molecule has 1 amide bonds. The molecule has 0 aliphatic carbocycles. The molecular weight excluding hydrogens is 272 g/mol. The van der Waals surface area contributed by atoms with E-state index in [1.54, 1.807) is 32.3 Å². The number of nitrogens with zero attached hydrogens (tertiary/aromatic N) is 3. The fourth-order valence-corrected chi connectivity index (χ4v) is 2.56. The molecule has 1 aromatic heterocycles. The number of rotatable bonds is 5. The second-order valence-electron chi connectivity index (χ2n) is 5.84. The third-order valence-electron chi connectivity index (χ3n) is 3.42. The minimum Gasteiger partial charge on any atom is -0.481 e. The van der Waals surface area contributed by atoms with Gasteiger partial charge in [0.1, 0.15) is 6.04 Å². The molecule has 0 saturated carbocycles. The molecule has 0 spiro atoms. The number of carbonyl (C=O) groups is 2. The van der Waals surface area contributed by atoms with E-state index in [1.165, 1.54) is 0 Å². The van der Waals surface area contributed by atoms with Crippen molar-refractivity contribution >= 4 is 17.8 Å². The highest BCUT2D eigenvalue weighted by Gasteiger charge is 2.35. The molecule has 2 heterocycles. The molecule has 0 bridgehead atoms. The van der Waals surface area contributed by atoms with Gasteiger partial charge in [-0.25, -0.2) is 9.97 Å². The van der Waals surface area contributed by atoms with E-state index < -0.39 is 11.5 Å². The molecule has 1 unspecified atom stereocenters. The van der Waals surface area contributed by atoms with Gasteiger partial charge in [-0.3, -0.25) is 9.59 Å². The Morgan fingerprint density at radius 2 is 2.10 bits per heavy atom. The second-order valence-corrected chi connectivity index (χ2v) is 5.84. The van der Waals surface area contributed by atoms with Crippen LogP contribution in [0, 0.1) is 0 Å². The molecule has 2 N–H and O–H groups in total. The van der Waals surface area contributed by atoms with Crippen LogP contribution in [0.3, 0.4) is 0 Å². The maximum Gasteiger partial charge on any atom is 0.305 e. The molecule has 7 nitrogen and oxygen atoms in total. The van der Waals surface area contributed by atoms with E-state index in [1.807, 2.05) is 4.90 Å². The maximum atomic E-state index is 12.4. The van der Waals surface area contributed by atoms with E-state index in [-0.39, 0.29) is 18.4 Å². The summed E-state index contributed by atoms with van der Waals surface area (Å²) >= 11 is 0. The molecule has 21 heavy (non-hydrogen) atoms. The molecule has 2 rings (SSSR count). The van der Waals surface area contributed by atoms with Crippen LogP contribution in [0.15, 0.2) is 18.5 Å². The average Bonchev–Trinajstić information content (AvgIpc) is 2.86. The van der Waals surface area contributed by atoms with Crippen LogP contribution in [-0.4, -0.2) is 45.1 Å². The average molecular weight is 292 g/mol. The Morgan fingerprint density at radius 1 is 1.43 bits per heavy atom. The van der Waals surface area contributed by atoms with Crippen molar-refractivity contribution in [3.63, 3.8) is 0 Å². The Kier molecular flexibility index (Phi) is 4.40. The topological polar surface area (TPSA) is 95.4 Å². The number of anilines is 1. The Labute approximate surface area is 123 Å². The van der Waals surface area contributed by atoms with E-state index in [9.17, 15) is 9.59 Å². The van der Waals surface area contributed by atoms with Gasteiger partial charge < -0.3 is 15.3 Å². The molecule has 1 aliphatic heterocycles. The van der Waals surface area contributed by atoms with Crippen LogP contribution >= 0.6 is 0 Å². The van der Waals surface area contributed by atoms with Gasteiger partial charge in [-0.05, 0) is 32.8 Å². The molecule has 1 fully saturated rings. The van der Waals surface area contributed by atoms with Gasteiger partial charge >= 0.3 is 5.97 Å². The first kappa shape index (κ1) is 15.2. The number of amides is 1. The summed E-state index contributed by atoms with van der Waals surface area (Å²) < 4.78 is 0. The van der Waals surface area contributed by atoms with E-state index in [4.69, 9.17) is 5.11 Å². The number of carboxylic acids is 1. The first-order valence-electron chi connectivity index (χ1n) is 6.96. The van der Waals surface area contributed by atoms with Crippen molar-refractivity contribution < 1.29 is 14.7 Å². The van der Waals surface area contributed by atoms with Gasteiger partial charge in [-0.1, -0.05) is 0 Å². The highest BCUT2D eigenvalue weighted by Crippen LogP contribution is 2.23. The zero-order chi connectivity index (χ0) is 15.5. The van der Waals surface area contributed by atoms with Crippen molar-refractivity contribution in [2.24, 2.45) is 0 Å². The van der Waals surface area contributed by atoms with Crippen molar-refractivity contribution in [3.05, 3.63) is 18.5 Å². The number of aliphatic carboxylic acids is 1. The lowest BCUT2D eigenvalue weighted by atomic mass is 10.00. The molecule has 1 aliphatic rings. The molecule has 1 saturated heterocycles. The first-order chi connectivity index (χ1) is 9.89. The zero-order valence-corrected chi connectivity index (χ0v) is 12.2. The minimum atomic E-state index is -0.935. The lowest BCUT2D eigenvalue weighted by molar-refractivity contribution is -0.138. The number of aromatic nitrogens is 2. The number of carbonyl (C=O) groups excluding carboxylic acids is 1. The molecule has 114 valence electrons. The maximum absolute atomic E-state index is 12.4. The second kappa shape index (κ2) is 6.07. The van der Waals surface area contributed by atoms with Gasteiger partial charge in [0, 0.05) is 24.5 Å². The van der Waals surface area contributed by atoms with E-state index in [0.29, 0.717) is 12.4 Å². The molecular formula is C14H20N4O3. The van der Waals surface area contributed by atoms with E-state index in [0.717, 1.165) is 13.0 Å². The first-order valence-corrected chi connectivity index (χ1v) is 6.96. The summed E-state index contributed by atoms with van der Waals surface area (Å²) in [5.41, 5.74) is -0.783. The lowest BCUT2D eigenvalue weighted by Gasteiger charge is -2.29. The summed E-state index contributed by atoms with van der Waals surface area (Å²) in [5.74, 6) is -0.577. The van der Waals surface area contributed by atoms with Crippen LogP contribution < -0.4 is 10.2 Å². The third kappa shape index (κ3) is 3.90. The van der Waals surface area contributed by atoms with Crippen LogP contribution in [0.5, 0.6) is 0 Å². The standard InChI is InChI=1S/C14H20N4O3/c1-14(2,9-11(19)20)17-12(21)10-5-3-8-18(10)13-15-6-4-7-16-13/h4,6-7,10H,3,5,8-9H2,1-2H3,(H,17,21)(H,19,20). The van der Waals surface area contributed by atoms with Crippen LogP contribution in [0.1, 0.15) is 33.1 Å². The summed E-state index contributed by atoms with van der Waals surface area (Å²) in [6.45, 7) is 4.14. The van der Waals surface area contributed by atoms with Gasteiger partial charge in [0.2, 0.25) is 11.9 Å². The van der Waals surface area contributed by atoms with Crippen LogP contribution in [0.25, 0.3) is 0 Å². The van der Waals surface area contributed by atoms with E-state index >= 15 is 0 Å². The van der Waals surface area contributed by atoms with Gasteiger partial charge in [0.25, 0.3) is 0 Å². The summed E-state index contributed by atoms with van der Waals surface area (Å²) in [4.78, 5) is 33.5. The quantitative estimate of drug-likeness (QED) is 0.834. The number of nitrogens with one attached hydrogen (secondary N) is 1. The number of hydrogen-bond acceptors (Lipinski definition) is 5. The van der Waals surface area contributed by atoms with Crippen LogP contribution in [-0.2, 0) is 9.59 Å². The Morgan fingerprint density at radius 3 is 2.71 bits per heavy atom. The molecule has 7 heteroatoms. The molecule has 1 atom stereocenters. The van der Waals surface area contributed by atoms with Gasteiger partial charge in [-0.2, -0.15) is 0 Å². The Bertz CT molecular complexity index is 518. The SMILES string of the molecule is CC(C)(CC(=O)O)NC(=O)C1CCCN1c1ncccn1. The van der Waals surface area contributed by atoms with Gasteiger partial charge in [0.05, 0.1) is 6.42 Å². The van der Waals surface area contributed by atoms with Crippen LogP contribution in [0.4, 0.5) is 5.95 Å². The zero-order valence-electron chi connectivity index (χ0n) is 12.2. The molecule has 1 aromatic rings. The summed E-state index contributed by atoms with van der Waals surface area (Å²) in [6, 6.07) is 1.38. The van der Waals surface area contributed by atoms with Crippen molar-refractivity contribution in [2.75, 3.05) is 11.4 Å². The van der Waals surface area contributed by atoms with Crippen molar-refractivity contribution in [1.29, 1.82) is 0 Å². The van der Waals surface area contributed by atoms with E-state index in [2.05, 4.69) is 15.3 Å². The van der Waals surface area contributed by atoms with Gasteiger partial charge in [-0.15, -0.1) is 0 Å². The van der Waals surface area contributed by atoms with Crippen molar-refractivity contribution in [3.8, 4) is 0 Å². The highest BCUT2D eigenvalue weighted by atomic mass is 16.4. The summed E-state index contributed by atoms with van der Waals surface area (Å²) in [6.07, 6.45) is 4.77. The Hall–Kier alpha value is -2.18. The lowest BCUT2D eigenvalue weighted by Crippen LogP contribution is -2.52. The predicted octanol–water partition coefficient (Wildman–Crippen LogP) is 0.815. The fourth-order valence-electron chi connectivity index (χ4n) is 2.56. The van der Waals surface area contributed by atoms with Crippen molar-refractivity contribution in [1.82, 2.24) is 15.3 Å². The smallest absolute Gasteiger partial charge is 0.305 e. The summed E-state index contributed by atoms with van der Waals surface area (Å²) in [7, 11) is 0. The molecule has 0 radical (unpaired) electrons. The summed E-state index contributed by atoms with van der Waals surface area (Å²) in [5, 5.41) is 11.7. The van der Waals surface area contributed by atoms with Crippen molar-refractivity contribution in [2.45, 2.75) is 44.7 Å². The number of hydrogen-bond donors (Lipinski definition) is 2. The molecule has 0 aromatic carbocycles. The monoisotopic (exact) mass is 292 g/mol. The Balaban J connectivity index is 2.06. The predicted molar refractivity (Wildman–Crippen MR) is 76.9 cm³/mol. The van der Waals surface area contributed by atoms with Crippen LogP contribution in [0.2, 0.25) is 0 Å². The minimum absolute atomic E-state index is 0.118. The number of carboxylic acid groups (broad SMARTS) is 1. The highest BCUT2D eigenvalue weighted by molar-refractivity contribution is 5.86. The largest absolute Gasteiger partial charge is 0.481 e. The third-order valence-corrected chi connectivity index (χ3v) is 3.42. The van der Waals surface area contributed by atoms with Gasteiger partial charge in [0.15, 0.2) is 0 Å².